The van der Waals surface area contributed by atoms with E-state index in [0.29, 0.717) is 0 Å². The zero-order valence-electron chi connectivity index (χ0n) is 13.9. The molecule has 1 aliphatic rings. The molecule has 120 valence electrons. The molecule has 0 saturated carbocycles. The number of carbonyl (C=O) groups is 2. The highest BCUT2D eigenvalue weighted by molar-refractivity contribution is 6.06. The Morgan fingerprint density at radius 2 is 1.77 bits per heavy atom. The summed E-state index contributed by atoms with van der Waals surface area (Å²) in [5.74, 6) is -0.251. The Morgan fingerprint density at radius 3 is 2.27 bits per heavy atom. The average Bonchev–Trinajstić information content (AvgIpc) is 2.62. The molecule has 0 unspecified atom stereocenters. The van der Waals surface area contributed by atoms with Gasteiger partial charge in [-0.2, -0.15) is 0 Å². The van der Waals surface area contributed by atoms with Gasteiger partial charge in [-0.1, -0.05) is 45.0 Å². The van der Waals surface area contributed by atoms with Crippen molar-refractivity contribution in [2.75, 3.05) is 13.7 Å². The Hall–Kier alpha value is -1.88. The second kappa shape index (κ2) is 5.72. The molecule has 5 heteroatoms. The van der Waals surface area contributed by atoms with Gasteiger partial charge in [-0.25, -0.2) is 4.79 Å². The minimum Gasteiger partial charge on any atom is -0.382 e. The molecule has 5 nitrogen and oxygen atoms in total. The van der Waals surface area contributed by atoms with E-state index < -0.39 is 5.54 Å². The van der Waals surface area contributed by atoms with Crippen LogP contribution in [0.5, 0.6) is 0 Å². The maximum absolute atomic E-state index is 12.4. The van der Waals surface area contributed by atoms with Crippen molar-refractivity contribution in [3.05, 3.63) is 35.4 Å². The van der Waals surface area contributed by atoms with E-state index in [9.17, 15) is 9.59 Å². The Labute approximate surface area is 131 Å². The largest absolute Gasteiger partial charge is 0.382 e. The lowest BCUT2D eigenvalue weighted by Gasteiger charge is -2.21. The van der Waals surface area contributed by atoms with Gasteiger partial charge < -0.3 is 10.1 Å². The van der Waals surface area contributed by atoms with E-state index in [4.69, 9.17) is 4.74 Å². The molecule has 1 atom stereocenters. The molecule has 1 aromatic carbocycles. The highest BCUT2D eigenvalue weighted by Gasteiger charge is 2.47. The summed E-state index contributed by atoms with van der Waals surface area (Å²) < 4.78 is 5.04. The SMILES string of the molecule is COC[C@]1(C)NC(=O)N(Cc2ccc(C(C)(C)C)cc2)C1=O. The van der Waals surface area contributed by atoms with Crippen molar-refractivity contribution >= 4 is 11.9 Å². The minimum absolute atomic E-state index is 0.0798. The van der Waals surface area contributed by atoms with E-state index in [-0.39, 0.29) is 30.5 Å². The molecule has 2 rings (SSSR count). The topological polar surface area (TPSA) is 58.6 Å². The Morgan fingerprint density at radius 1 is 1.18 bits per heavy atom. The number of nitrogens with zero attached hydrogens (tertiary/aromatic N) is 1. The van der Waals surface area contributed by atoms with Crippen molar-refractivity contribution in [3.63, 3.8) is 0 Å². The number of ether oxygens (including phenoxy) is 1. The van der Waals surface area contributed by atoms with E-state index in [2.05, 4.69) is 26.1 Å². The van der Waals surface area contributed by atoms with Crippen LogP contribution >= 0.6 is 0 Å². The van der Waals surface area contributed by atoms with E-state index in [1.54, 1.807) is 6.92 Å². The number of benzene rings is 1. The minimum atomic E-state index is -0.975. The van der Waals surface area contributed by atoms with Gasteiger partial charge >= 0.3 is 6.03 Å². The van der Waals surface area contributed by atoms with Crippen molar-refractivity contribution < 1.29 is 14.3 Å². The van der Waals surface area contributed by atoms with Crippen LogP contribution in [0.1, 0.15) is 38.8 Å². The first kappa shape index (κ1) is 16.5. The zero-order valence-corrected chi connectivity index (χ0v) is 13.9. The Bertz CT molecular complexity index is 575. The smallest absolute Gasteiger partial charge is 0.325 e. The summed E-state index contributed by atoms with van der Waals surface area (Å²) in [5, 5.41) is 2.70. The molecule has 0 bridgehead atoms. The summed E-state index contributed by atoms with van der Waals surface area (Å²) in [6, 6.07) is 7.65. The lowest BCUT2D eigenvalue weighted by molar-refractivity contribution is -0.132. The van der Waals surface area contributed by atoms with Gasteiger partial charge in [0.25, 0.3) is 5.91 Å². The lowest BCUT2D eigenvalue weighted by Crippen LogP contribution is -2.47. The first-order valence-corrected chi connectivity index (χ1v) is 7.40. The van der Waals surface area contributed by atoms with E-state index in [0.717, 1.165) is 5.56 Å². The first-order chi connectivity index (χ1) is 10.2. The molecule has 0 spiro atoms. The van der Waals surface area contributed by atoms with Crippen molar-refractivity contribution in [3.8, 4) is 0 Å². The number of methoxy groups -OCH3 is 1. The van der Waals surface area contributed by atoms with Gasteiger partial charge in [0.1, 0.15) is 5.54 Å². The van der Waals surface area contributed by atoms with Crippen LogP contribution in [0.3, 0.4) is 0 Å². The fourth-order valence-electron chi connectivity index (χ4n) is 2.57. The first-order valence-electron chi connectivity index (χ1n) is 7.40. The molecular weight excluding hydrogens is 280 g/mol. The highest BCUT2D eigenvalue weighted by atomic mass is 16.5. The predicted molar refractivity (Wildman–Crippen MR) is 84.5 cm³/mol. The molecule has 0 aliphatic carbocycles. The molecule has 1 heterocycles. The number of rotatable bonds is 4. The number of hydrogen-bond acceptors (Lipinski definition) is 3. The van der Waals surface area contributed by atoms with Gasteiger partial charge in [0.2, 0.25) is 0 Å². The maximum Gasteiger partial charge on any atom is 0.325 e. The third kappa shape index (κ3) is 3.14. The van der Waals surface area contributed by atoms with Crippen molar-refractivity contribution in [1.29, 1.82) is 0 Å². The van der Waals surface area contributed by atoms with E-state index in [1.807, 2.05) is 24.3 Å². The molecule has 0 aromatic heterocycles. The van der Waals surface area contributed by atoms with Gasteiger partial charge in [0.15, 0.2) is 0 Å². The summed E-state index contributed by atoms with van der Waals surface area (Å²) in [4.78, 5) is 25.7. The predicted octanol–water partition coefficient (Wildman–Crippen LogP) is 2.44. The molecule has 3 amide bonds. The molecular formula is C17H24N2O3. The molecule has 1 aliphatic heterocycles. The fourth-order valence-corrected chi connectivity index (χ4v) is 2.57. The number of carbonyl (C=O) groups excluding carboxylic acids is 2. The molecule has 22 heavy (non-hydrogen) atoms. The third-order valence-corrected chi connectivity index (χ3v) is 3.94. The molecule has 0 radical (unpaired) electrons. The van der Waals surface area contributed by atoms with Crippen LogP contribution in [0.2, 0.25) is 0 Å². The van der Waals surface area contributed by atoms with Crippen molar-refractivity contribution in [1.82, 2.24) is 10.2 Å². The number of imide groups is 1. The summed E-state index contributed by atoms with van der Waals surface area (Å²) in [6.45, 7) is 8.56. The quantitative estimate of drug-likeness (QED) is 0.869. The average molecular weight is 304 g/mol. The number of urea groups is 1. The normalized spacial score (nSPS) is 22.1. The second-order valence-electron chi connectivity index (χ2n) is 7.03. The van der Waals surface area contributed by atoms with Gasteiger partial charge in [-0.15, -0.1) is 0 Å². The van der Waals surface area contributed by atoms with Gasteiger partial charge in [0.05, 0.1) is 13.2 Å². The number of nitrogens with one attached hydrogen (secondary N) is 1. The van der Waals surface area contributed by atoms with Gasteiger partial charge in [-0.3, -0.25) is 9.69 Å². The molecule has 1 fully saturated rings. The molecule has 1 aromatic rings. The molecule has 1 saturated heterocycles. The van der Waals surface area contributed by atoms with Crippen LogP contribution in [0, 0.1) is 0 Å². The van der Waals surface area contributed by atoms with Crippen LogP contribution < -0.4 is 5.32 Å². The molecule has 1 N–H and O–H groups in total. The van der Waals surface area contributed by atoms with Crippen LogP contribution in [-0.2, 0) is 21.5 Å². The summed E-state index contributed by atoms with van der Waals surface area (Å²) in [7, 11) is 1.51. The van der Waals surface area contributed by atoms with Gasteiger partial charge in [-0.05, 0) is 23.5 Å². The lowest BCUT2D eigenvalue weighted by atomic mass is 9.87. The Balaban J connectivity index is 2.14. The van der Waals surface area contributed by atoms with Crippen molar-refractivity contribution in [2.24, 2.45) is 0 Å². The third-order valence-electron chi connectivity index (χ3n) is 3.94. The summed E-state index contributed by atoms with van der Waals surface area (Å²) >= 11 is 0. The highest BCUT2D eigenvalue weighted by Crippen LogP contribution is 2.24. The van der Waals surface area contributed by atoms with Crippen LogP contribution in [0.4, 0.5) is 4.79 Å². The van der Waals surface area contributed by atoms with Gasteiger partial charge in [0, 0.05) is 7.11 Å². The van der Waals surface area contributed by atoms with Crippen LogP contribution in [0.25, 0.3) is 0 Å². The summed E-state index contributed by atoms with van der Waals surface area (Å²) in [5.41, 5.74) is 1.25. The number of hydrogen-bond donors (Lipinski definition) is 1. The zero-order chi connectivity index (χ0) is 16.5. The van der Waals surface area contributed by atoms with Crippen LogP contribution in [0.15, 0.2) is 24.3 Å². The van der Waals surface area contributed by atoms with E-state index >= 15 is 0 Å². The fraction of sp³-hybridized carbons (Fsp3) is 0.529. The second-order valence-corrected chi connectivity index (χ2v) is 7.03. The van der Waals surface area contributed by atoms with E-state index in [1.165, 1.54) is 17.6 Å². The Kier molecular flexibility index (Phi) is 4.29. The monoisotopic (exact) mass is 304 g/mol. The van der Waals surface area contributed by atoms with Crippen molar-refractivity contribution in [2.45, 2.75) is 45.2 Å². The number of amides is 3. The maximum atomic E-state index is 12.4. The van der Waals surface area contributed by atoms with Crippen LogP contribution in [-0.4, -0.2) is 36.1 Å². The standard InChI is InChI=1S/C17H24N2O3/c1-16(2,3)13-8-6-12(7-9-13)10-19-14(20)17(4,11-22-5)18-15(19)21/h6-9H,10-11H2,1-5H3,(H,18,21)/t17-/m0/s1. The summed E-state index contributed by atoms with van der Waals surface area (Å²) in [6.07, 6.45) is 0.